The summed E-state index contributed by atoms with van der Waals surface area (Å²) in [6.45, 7) is 7.26. The highest BCUT2D eigenvalue weighted by molar-refractivity contribution is 5.07. The predicted molar refractivity (Wildman–Crippen MR) is 83.6 cm³/mol. The molecule has 1 aromatic heterocycles. The summed E-state index contributed by atoms with van der Waals surface area (Å²) in [5, 5.41) is 0. The number of imidazole rings is 1. The predicted octanol–water partition coefficient (Wildman–Crippen LogP) is 2.95. The maximum Gasteiger partial charge on any atom is 0.0948 e. The van der Waals surface area contributed by atoms with E-state index in [4.69, 9.17) is 5.73 Å². The van der Waals surface area contributed by atoms with Crippen LogP contribution in [0.4, 0.5) is 0 Å². The molecule has 0 bridgehead atoms. The summed E-state index contributed by atoms with van der Waals surface area (Å²) in [5.74, 6) is 0. The summed E-state index contributed by atoms with van der Waals surface area (Å²) in [6.07, 6.45) is 11.9. The van der Waals surface area contributed by atoms with E-state index in [0.29, 0.717) is 18.6 Å². The van der Waals surface area contributed by atoms with E-state index in [1.807, 2.05) is 12.5 Å². The van der Waals surface area contributed by atoms with Crippen molar-refractivity contribution in [2.75, 3.05) is 13.1 Å². The number of nitrogens with zero attached hydrogens (tertiary/aromatic N) is 3. The van der Waals surface area contributed by atoms with Crippen LogP contribution in [0, 0.1) is 0 Å². The third-order valence-corrected chi connectivity index (χ3v) is 4.58. The Kier molecular flexibility index (Phi) is 6.05. The van der Waals surface area contributed by atoms with Crippen molar-refractivity contribution in [3.63, 3.8) is 0 Å². The van der Waals surface area contributed by atoms with Crippen LogP contribution in [0.1, 0.15) is 64.1 Å². The fourth-order valence-electron chi connectivity index (χ4n) is 3.61. The van der Waals surface area contributed by atoms with Crippen LogP contribution < -0.4 is 5.73 Å². The first-order valence-electron chi connectivity index (χ1n) is 8.27. The zero-order valence-electron chi connectivity index (χ0n) is 13.1. The molecule has 0 aromatic carbocycles. The number of rotatable bonds is 7. The molecule has 0 radical (unpaired) electrons. The van der Waals surface area contributed by atoms with Crippen LogP contribution in [-0.4, -0.2) is 33.6 Å². The first kappa shape index (κ1) is 15.5. The quantitative estimate of drug-likeness (QED) is 0.834. The Morgan fingerprint density at radius 2 is 2.10 bits per heavy atom. The highest BCUT2D eigenvalue weighted by Gasteiger charge is 2.28. The highest BCUT2D eigenvalue weighted by atomic mass is 15.2. The van der Waals surface area contributed by atoms with Gasteiger partial charge in [0.25, 0.3) is 0 Å². The van der Waals surface area contributed by atoms with Crippen LogP contribution in [0.3, 0.4) is 0 Å². The van der Waals surface area contributed by atoms with Gasteiger partial charge < -0.3 is 10.3 Å². The average molecular weight is 278 g/mol. The van der Waals surface area contributed by atoms with Gasteiger partial charge in [-0.1, -0.05) is 33.1 Å². The van der Waals surface area contributed by atoms with Gasteiger partial charge in [0, 0.05) is 25.3 Å². The van der Waals surface area contributed by atoms with Crippen molar-refractivity contribution in [1.82, 2.24) is 14.5 Å². The first-order valence-corrected chi connectivity index (χ1v) is 8.27. The van der Waals surface area contributed by atoms with E-state index in [1.54, 1.807) is 0 Å². The molecule has 1 unspecified atom stereocenters. The number of hydrogen-bond acceptors (Lipinski definition) is 3. The monoisotopic (exact) mass is 278 g/mol. The molecule has 1 saturated carbocycles. The van der Waals surface area contributed by atoms with Crippen molar-refractivity contribution < 1.29 is 0 Å². The molecule has 0 aliphatic heterocycles. The lowest BCUT2D eigenvalue weighted by Gasteiger charge is -2.39. The molecule has 1 atom stereocenters. The molecule has 20 heavy (non-hydrogen) atoms. The van der Waals surface area contributed by atoms with Crippen molar-refractivity contribution in [3.8, 4) is 0 Å². The van der Waals surface area contributed by atoms with Gasteiger partial charge in [0.05, 0.1) is 18.1 Å². The fraction of sp³-hybridized carbons (Fsp3) is 0.812. The minimum absolute atomic E-state index is 0.317. The van der Waals surface area contributed by atoms with Crippen molar-refractivity contribution in [2.45, 2.75) is 71.0 Å². The van der Waals surface area contributed by atoms with Crippen LogP contribution >= 0.6 is 0 Å². The van der Waals surface area contributed by atoms with E-state index in [2.05, 4.69) is 28.3 Å². The van der Waals surface area contributed by atoms with Gasteiger partial charge >= 0.3 is 0 Å². The van der Waals surface area contributed by atoms with E-state index in [9.17, 15) is 0 Å². The Balaban J connectivity index is 2.17. The summed E-state index contributed by atoms with van der Waals surface area (Å²) in [7, 11) is 0. The van der Waals surface area contributed by atoms with E-state index < -0.39 is 0 Å². The second kappa shape index (κ2) is 7.79. The summed E-state index contributed by atoms with van der Waals surface area (Å²) in [6, 6.07) is 1.02. The second-order valence-electron chi connectivity index (χ2n) is 5.89. The van der Waals surface area contributed by atoms with Gasteiger partial charge in [-0.2, -0.15) is 0 Å². The Morgan fingerprint density at radius 1 is 1.35 bits per heavy atom. The lowest BCUT2D eigenvalue weighted by atomic mass is 9.92. The van der Waals surface area contributed by atoms with E-state index in [1.165, 1.54) is 37.8 Å². The van der Waals surface area contributed by atoms with Crippen molar-refractivity contribution in [2.24, 2.45) is 5.73 Å². The molecular weight excluding hydrogens is 248 g/mol. The average Bonchev–Trinajstić information content (AvgIpc) is 2.94. The molecule has 4 heteroatoms. The SMILES string of the molecule is CCCn1cncc1C(CN)N(CC)C1CCCCC1. The summed E-state index contributed by atoms with van der Waals surface area (Å²) in [4.78, 5) is 6.97. The third kappa shape index (κ3) is 3.41. The molecule has 114 valence electrons. The minimum Gasteiger partial charge on any atom is -0.333 e. The maximum absolute atomic E-state index is 6.13. The molecule has 2 N–H and O–H groups in total. The van der Waals surface area contributed by atoms with Gasteiger partial charge in [-0.3, -0.25) is 4.90 Å². The van der Waals surface area contributed by atoms with Crippen LogP contribution in [0.15, 0.2) is 12.5 Å². The molecule has 0 spiro atoms. The van der Waals surface area contributed by atoms with Gasteiger partial charge in [0.15, 0.2) is 0 Å². The molecule has 4 nitrogen and oxygen atoms in total. The molecule has 1 fully saturated rings. The normalized spacial score (nSPS) is 18.6. The number of aromatic nitrogens is 2. The Labute approximate surface area is 123 Å². The summed E-state index contributed by atoms with van der Waals surface area (Å²) < 4.78 is 2.28. The topological polar surface area (TPSA) is 47.1 Å². The first-order chi connectivity index (χ1) is 9.81. The largest absolute Gasteiger partial charge is 0.333 e. The molecular formula is C16H30N4. The van der Waals surface area contributed by atoms with Gasteiger partial charge in [-0.15, -0.1) is 0 Å². The van der Waals surface area contributed by atoms with E-state index >= 15 is 0 Å². The highest BCUT2D eigenvalue weighted by Crippen LogP contribution is 2.29. The van der Waals surface area contributed by atoms with Crippen LogP contribution in [-0.2, 0) is 6.54 Å². The number of hydrogen-bond donors (Lipinski definition) is 1. The summed E-state index contributed by atoms with van der Waals surface area (Å²) >= 11 is 0. The Bertz CT molecular complexity index is 382. The molecule has 1 aromatic rings. The van der Waals surface area contributed by atoms with Crippen molar-refractivity contribution >= 4 is 0 Å². The standard InChI is InChI=1S/C16H30N4/c1-3-10-19-13-18-12-16(19)15(11-17)20(4-2)14-8-6-5-7-9-14/h12-15H,3-11,17H2,1-2H3. The lowest BCUT2D eigenvalue weighted by molar-refractivity contribution is 0.109. The van der Waals surface area contributed by atoms with Crippen molar-refractivity contribution in [1.29, 1.82) is 0 Å². The van der Waals surface area contributed by atoms with E-state index in [0.717, 1.165) is 19.5 Å². The minimum atomic E-state index is 0.317. The van der Waals surface area contributed by atoms with Crippen LogP contribution in [0.25, 0.3) is 0 Å². The van der Waals surface area contributed by atoms with Gasteiger partial charge in [-0.05, 0) is 25.8 Å². The molecule has 1 aliphatic carbocycles. The van der Waals surface area contributed by atoms with Crippen LogP contribution in [0.5, 0.6) is 0 Å². The number of nitrogens with two attached hydrogens (primary N) is 1. The van der Waals surface area contributed by atoms with Gasteiger partial charge in [0.1, 0.15) is 0 Å². The van der Waals surface area contributed by atoms with Gasteiger partial charge in [0.2, 0.25) is 0 Å². The van der Waals surface area contributed by atoms with Crippen molar-refractivity contribution in [3.05, 3.63) is 18.2 Å². The third-order valence-electron chi connectivity index (χ3n) is 4.58. The van der Waals surface area contributed by atoms with Crippen LogP contribution in [0.2, 0.25) is 0 Å². The van der Waals surface area contributed by atoms with Gasteiger partial charge in [-0.25, -0.2) is 4.98 Å². The maximum atomic E-state index is 6.13. The smallest absolute Gasteiger partial charge is 0.0948 e. The number of aryl methyl sites for hydroxylation is 1. The fourth-order valence-corrected chi connectivity index (χ4v) is 3.61. The molecule has 2 rings (SSSR count). The second-order valence-corrected chi connectivity index (χ2v) is 5.89. The Morgan fingerprint density at radius 3 is 2.70 bits per heavy atom. The summed E-state index contributed by atoms with van der Waals surface area (Å²) in [5.41, 5.74) is 7.42. The zero-order valence-corrected chi connectivity index (χ0v) is 13.1. The zero-order chi connectivity index (χ0) is 14.4. The number of likely N-dealkylation sites (N-methyl/N-ethyl adjacent to an activating group) is 1. The molecule has 1 heterocycles. The molecule has 0 saturated heterocycles. The molecule has 1 aliphatic rings. The van der Waals surface area contributed by atoms with E-state index in [-0.39, 0.29) is 0 Å². The Hall–Kier alpha value is -0.870. The lowest BCUT2D eigenvalue weighted by Crippen LogP contribution is -2.43. The molecule has 0 amide bonds.